The van der Waals surface area contributed by atoms with E-state index in [9.17, 15) is 19.2 Å². The molecular formula is C34H24O4. The van der Waals surface area contributed by atoms with Crippen LogP contribution < -0.4 is 0 Å². The predicted octanol–water partition coefficient (Wildman–Crippen LogP) is 6.90. The molecule has 38 heavy (non-hydrogen) atoms. The molecule has 0 unspecified atom stereocenters. The Bertz CT molecular complexity index is 1400. The van der Waals surface area contributed by atoms with Crippen molar-refractivity contribution < 1.29 is 19.2 Å². The maximum Gasteiger partial charge on any atom is 0.233 e. The highest BCUT2D eigenvalue weighted by Crippen LogP contribution is 2.14. The van der Waals surface area contributed by atoms with E-state index in [1.165, 1.54) is 0 Å². The van der Waals surface area contributed by atoms with Gasteiger partial charge in [0.15, 0.2) is 11.6 Å². The van der Waals surface area contributed by atoms with Gasteiger partial charge in [0.1, 0.15) is 0 Å². The van der Waals surface area contributed by atoms with Crippen molar-refractivity contribution in [3.8, 4) is 0 Å². The SMILES string of the molecule is O=C(C(=O)c1ccccc1)c1ccccc1.O=C(c1ccccc1)c1ccc(C(=O)c2ccccc2)cc1. The Morgan fingerprint density at radius 1 is 0.263 bits per heavy atom. The van der Waals surface area contributed by atoms with Crippen LogP contribution >= 0.6 is 0 Å². The Morgan fingerprint density at radius 2 is 0.474 bits per heavy atom. The van der Waals surface area contributed by atoms with Gasteiger partial charge in [-0.15, -0.1) is 0 Å². The third-order valence-corrected chi connectivity index (χ3v) is 5.76. The third-order valence-electron chi connectivity index (χ3n) is 5.76. The second kappa shape index (κ2) is 12.7. The first kappa shape index (κ1) is 25.9. The van der Waals surface area contributed by atoms with Crippen molar-refractivity contribution in [2.24, 2.45) is 0 Å². The molecule has 0 aliphatic rings. The highest BCUT2D eigenvalue weighted by molar-refractivity contribution is 6.49. The van der Waals surface area contributed by atoms with Gasteiger partial charge in [0.2, 0.25) is 11.6 Å². The fourth-order valence-corrected chi connectivity index (χ4v) is 3.73. The van der Waals surface area contributed by atoms with Crippen LogP contribution in [-0.4, -0.2) is 23.1 Å². The topological polar surface area (TPSA) is 68.3 Å². The van der Waals surface area contributed by atoms with E-state index in [0.717, 1.165) is 0 Å². The van der Waals surface area contributed by atoms with Crippen LogP contribution in [-0.2, 0) is 0 Å². The van der Waals surface area contributed by atoms with Crippen molar-refractivity contribution in [1.29, 1.82) is 0 Å². The summed E-state index contributed by atoms with van der Waals surface area (Å²) in [5.41, 5.74) is 3.30. The first-order valence-corrected chi connectivity index (χ1v) is 12.0. The molecule has 0 fully saturated rings. The molecule has 0 radical (unpaired) electrons. The molecule has 0 N–H and O–H groups in total. The summed E-state index contributed by atoms with van der Waals surface area (Å²) in [6.07, 6.45) is 0. The first-order valence-electron chi connectivity index (χ1n) is 12.0. The number of hydrogen-bond acceptors (Lipinski definition) is 4. The smallest absolute Gasteiger partial charge is 0.233 e. The van der Waals surface area contributed by atoms with Gasteiger partial charge in [-0.2, -0.15) is 0 Å². The lowest BCUT2D eigenvalue weighted by Gasteiger charge is -2.04. The largest absolute Gasteiger partial charge is 0.289 e. The Morgan fingerprint density at radius 3 is 0.737 bits per heavy atom. The molecule has 5 aromatic rings. The van der Waals surface area contributed by atoms with E-state index in [2.05, 4.69) is 0 Å². The quantitative estimate of drug-likeness (QED) is 0.182. The van der Waals surface area contributed by atoms with Gasteiger partial charge in [0, 0.05) is 33.4 Å². The predicted molar refractivity (Wildman–Crippen MR) is 148 cm³/mol. The summed E-state index contributed by atoms with van der Waals surface area (Å²) in [4.78, 5) is 48.2. The fourth-order valence-electron chi connectivity index (χ4n) is 3.73. The zero-order valence-corrected chi connectivity index (χ0v) is 20.5. The van der Waals surface area contributed by atoms with E-state index in [1.807, 2.05) is 48.5 Å². The summed E-state index contributed by atoms with van der Waals surface area (Å²) in [7, 11) is 0. The number of carbonyl (C=O) groups is 4. The van der Waals surface area contributed by atoms with Crippen LogP contribution in [0.5, 0.6) is 0 Å². The molecule has 0 aliphatic carbocycles. The number of rotatable bonds is 7. The van der Waals surface area contributed by atoms with Crippen LogP contribution in [0.4, 0.5) is 0 Å². The molecule has 0 amide bonds. The van der Waals surface area contributed by atoms with Gasteiger partial charge >= 0.3 is 0 Å². The van der Waals surface area contributed by atoms with Gasteiger partial charge in [-0.3, -0.25) is 19.2 Å². The minimum Gasteiger partial charge on any atom is -0.289 e. The highest BCUT2D eigenvalue weighted by Gasteiger charge is 2.17. The van der Waals surface area contributed by atoms with Gasteiger partial charge in [0.05, 0.1) is 0 Å². The molecule has 0 aliphatic heterocycles. The molecule has 0 aromatic heterocycles. The van der Waals surface area contributed by atoms with Crippen molar-refractivity contribution in [3.63, 3.8) is 0 Å². The van der Waals surface area contributed by atoms with E-state index in [-0.39, 0.29) is 11.6 Å². The zero-order valence-electron chi connectivity index (χ0n) is 20.5. The first-order chi connectivity index (χ1) is 18.5. The van der Waals surface area contributed by atoms with Crippen molar-refractivity contribution in [3.05, 3.63) is 179 Å². The van der Waals surface area contributed by atoms with Gasteiger partial charge in [0.25, 0.3) is 0 Å². The molecular weight excluding hydrogens is 472 g/mol. The maximum absolute atomic E-state index is 12.3. The standard InChI is InChI=1S/C20H14O2.C14H10O2/c21-19(15-7-3-1-4-8-15)17-11-13-18(14-12-17)20(22)16-9-5-2-6-10-16;15-13(11-7-3-1-4-8-11)14(16)12-9-5-2-6-10-12/h1-14H;1-10H. The maximum atomic E-state index is 12.3. The lowest BCUT2D eigenvalue weighted by atomic mass is 9.99. The van der Waals surface area contributed by atoms with Crippen LogP contribution in [0, 0.1) is 0 Å². The van der Waals surface area contributed by atoms with Gasteiger partial charge in [-0.1, -0.05) is 146 Å². The summed E-state index contributed by atoms with van der Waals surface area (Å²) in [5, 5.41) is 0. The molecule has 0 bridgehead atoms. The minimum atomic E-state index is -0.466. The van der Waals surface area contributed by atoms with Crippen LogP contribution in [0.1, 0.15) is 52.6 Å². The fraction of sp³-hybridized carbons (Fsp3) is 0. The van der Waals surface area contributed by atoms with Crippen molar-refractivity contribution in [1.82, 2.24) is 0 Å². The van der Waals surface area contributed by atoms with Crippen LogP contribution in [0.15, 0.2) is 146 Å². The minimum absolute atomic E-state index is 0.0423. The van der Waals surface area contributed by atoms with Gasteiger partial charge in [-0.25, -0.2) is 0 Å². The van der Waals surface area contributed by atoms with Gasteiger partial charge in [-0.05, 0) is 0 Å². The van der Waals surface area contributed by atoms with Crippen LogP contribution in [0.25, 0.3) is 0 Å². The average Bonchev–Trinajstić information content (AvgIpc) is 3.01. The zero-order chi connectivity index (χ0) is 26.7. The summed E-state index contributed by atoms with van der Waals surface area (Å²) in [6, 6.07) is 42.2. The molecule has 4 heteroatoms. The molecule has 0 atom stereocenters. The third kappa shape index (κ3) is 6.50. The Balaban J connectivity index is 0.000000186. The van der Waals surface area contributed by atoms with E-state index in [1.54, 1.807) is 97.1 Å². The van der Waals surface area contributed by atoms with E-state index in [4.69, 9.17) is 0 Å². The second-order valence-electron chi connectivity index (χ2n) is 8.36. The normalized spacial score (nSPS) is 10.0. The summed E-state index contributed by atoms with van der Waals surface area (Å²) >= 11 is 0. The van der Waals surface area contributed by atoms with E-state index in [0.29, 0.717) is 33.4 Å². The van der Waals surface area contributed by atoms with Crippen molar-refractivity contribution in [2.75, 3.05) is 0 Å². The number of ketones is 4. The number of Topliss-reactive ketones (excluding diaryl/α,β-unsaturated/α-hetero) is 2. The molecule has 0 saturated heterocycles. The van der Waals surface area contributed by atoms with Crippen LogP contribution in [0.2, 0.25) is 0 Å². The highest BCUT2D eigenvalue weighted by atomic mass is 16.2. The Labute approximate surface area is 221 Å². The summed E-state index contributed by atoms with van der Waals surface area (Å²) in [5.74, 6) is -1.02. The molecule has 4 nitrogen and oxygen atoms in total. The lowest BCUT2D eigenvalue weighted by Crippen LogP contribution is -2.14. The van der Waals surface area contributed by atoms with Crippen molar-refractivity contribution >= 4 is 23.1 Å². The number of carbonyl (C=O) groups excluding carboxylic acids is 4. The van der Waals surface area contributed by atoms with E-state index >= 15 is 0 Å². The van der Waals surface area contributed by atoms with Crippen molar-refractivity contribution in [2.45, 2.75) is 0 Å². The molecule has 5 rings (SSSR count). The molecule has 0 saturated carbocycles. The monoisotopic (exact) mass is 496 g/mol. The van der Waals surface area contributed by atoms with Gasteiger partial charge < -0.3 is 0 Å². The number of benzene rings is 5. The molecule has 5 aromatic carbocycles. The average molecular weight is 497 g/mol. The summed E-state index contributed by atoms with van der Waals surface area (Å²) in [6.45, 7) is 0. The summed E-state index contributed by atoms with van der Waals surface area (Å²) < 4.78 is 0. The molecule has 0 spiro atoms. The lowest BCUT2D eigenvalue weighted by molar-refractivity contribution is 0.0817. The van der Waals surface area contributed by atoms with Crippen LogP contribution in [0.3, 0.4) is 0 Å². The molecule has 184 valence electrons. The Hall–Kier alpha value is -5.22. The molecule has 0 heterocycles. The second-order valence-corrected chi connectivity index (χ2v) is 8.36. The Kier molecular flexibility index (Phi) is 8.61. The number of hydrogen-bond donors (Lipinski definition) is 0. The van der Waals surface area contributed by atoms with E-state index < -0.39 is 11.6 Å².